The van der Waals surface area contributed by atoms with Crippen LogP contribution in [0.5, 0.6) is 0 Å². The van der Waals surface area contributed by atoms with Crippen LogP contribution in [0.1, 0.15) is 64.7 Å². The van der Waals surface area contributed by atoms with Gasteiger partial charge in [0.05, 0.1) is 0 Å². The Bertz CT molecular complexity index is 223. The fourth-order valence-electron chi connectivity index (χ4n) is 2.79. The fourth-order valence-corrected chi connectivity index (χ4v) is 2.79. The molecule has 0 saturated heterocycles. The zero-order chi connectivity index (χ0) is 13.2. The van der Waals surface area contributed by atoms with E-state index in [1.807, 2.05) is 0 Å². The summed E-state index contributed by atoms with van der Waals surface area (Å²) in [5.74, 6) is 1.56. The van der Waals surface area contributed by atoms with Crippen LogP contribution in [-0.2, 0) is 4.79 Å². The van der Waals surface area contributed by atoms with Crippen molar-refractivity contribution < 1.29 is 4.79 Å². The summed E-state index contributed by atoms with van der Waals surface area (Å²) in [7, 11) is 0. The molecule has 1 rings (SSSR count). The van der Waals surface area contributed by atoms with Crippen molar-refractivity contribution in [3.05, 3.63) is 0 Å². The van der Waals surface area contributed by atoms with Gasteiger partial charge in [0.1, 0.15) is 0 Å². The molecule has 106 valence electrons. The predicted molar refractivity (Wildman–Crippen MR) is 76.3 cm³/mol. The Labute approximate surface area is 112 Å². The zero-order valence-corrected chi connectivity index (χ0v) is 11.9. The molecule has 1 amide bonds. The van der Waals surface area contributed by atoms with Gasteiger partial charge in [-0.15, -0.1) is 0 Å². The van der Waals surface area contributed by atoms with Crippen molar-refractivity contribution in [1.29, 1.82) is 0 Å². The first-order valence-corrected chi connectivity index (χ1v) is 7.73. The van der Waals surface area contributed by atoms with Crippen LogP contribution in [0.15, 0.2) is 0 Å². The number of carbonyl (C=O) groups is 1. The van der Waals surface area contributed by atoms with Gasteiger partial charge in [-0.1, -0.05) is 26.2 Å². The predicted octanol–water partition coefficient (Wildman–Crippen LogP) is 2.84. The van der Waals surface area contributed by atoms with Crippen molar-refractivity contribution in [2.75, 3.05) is 13.1 Å². The van der Waals surface area contributed by atoms with Crippen LogP contribution >= 0.6 is 0 Å². The second-order valence-corrected chi connectivity index (χ2v) is 5.74. The van der Waals surface area contributed by atoms with Crippen molar-refractivity contribution in [3.8, 4) is 0 Å². The van der Waals surface area contributed by atoms with Gasteiger partial charge in [0.2, 0.25) is 5.91 Å². The summed E-state index contributed by atoms with van der Waals surface area (Å²) in [5, 5.41) is 3.05. The maximum Gasteiger partial charge on any atom is 0.220 e. The summed E-state index contributed by atoms with van der Waals surface area (Å²) >= 11 is 0. The largest absolute Gasteiger partial charge is 0.356 e. The van der Waals surface area contributed by atoms with Crippen LogP contribution in [0.25, 0.3) is 0 Å². The van der Waals surface area contributed by atoms with E-state index in [4.69, 9.17) is 5.73 Å². The average molecular weight is 254 g/mol. The van der Waals surface area contributed by atoms with Gasteiger partial charge < -0.3 is 11.1 Å². The van der Waals surface area contributed by atoms with E-state index < -0.39 is 0 Å². The van der Waals surface area contributed by atoms with Gasteiger partial charge in [0.15, 0.2) is 0 Å². The highest BCUT2D eigenvalue weighted by Gasteiger charge is 2.21. The Morgan fingerprint density at radius 1 is 1.11 bits per heavy atom. The van der Waals surface area contributed by atoms with E-state index in [2.05, 4.69) is 12.2 Å². The highest BCUT2D eigenvalue weighted by Crippen LogP contribution is 2.29. The lowest BCUT2D eigenvalue weighted by atomic mass is 9.80. The minimum atomic E-state index is 0.252. The number of nitrogens with two attached hydrogens (primary N) is 1. The fraction of sp³-hybridized carbons (Fsp3) is 0.933. The molecule has 0 bridgehead atoms. The maximum atomic E-state index is 11.8. The van der Waals surface area contributed by atoms with Crippen molar-refractivity contribution in [2.45, 2.75) is 64.7 Å². The van der Waals surface area contributed by atoms with E-state index in [0.29, 0.717) is 11.8 Å². The van der Waals surface area contributed by atoms with Crippen molar-refractivity contribution >= 4 is 5.91 Å². The third kappa shape index (κ3) is 6.39. The molecule has 1 fully saturated rings. The molecule has 0 spiro atoms. The molecule has 1 saturated carbocycles. The topological polar surface area (TPSA) is 55.1 Å². The minimum Gasteiger partial charge on any atom is -0.356 e. The second-order valence-electron chi connectivity index (χ2n) is 5.74. The number of nitrogens with one attached hydrogen (secondary N) is 1. The summed E-state index contributed by atoms with van der Waals surface area (Å²) in [4.78, 5) is 11.8. The van der Waals surface area contributed by atoms with Crippen molar-refractivity contribution in [3.63, 3.8) is 0 Å². The number of amides is 1. The van der Waals surface area contributed by atoms with Gasteiger partial charge in [-0.25, -0.2) is 0 Å². The lowest BCUT2D eigenvalue weighted by Gasteiger charge is -2.27. The first-order chi connectivity index (χ1) is 8.76. The molecule has 0 aliphatic heterocycles. The van der Waals surface area contributed by atoms with Crippen LogP contribution in [0.4, 0.5) is 0 Å². The highest BCUT2D eigenvalue weighted by atomic mass is 16.1. The van der Waals surface area contributed by atoms with Crippen LogP contribution in [0.3, 0.4) is 0 Å². The van der Waals surface area contributed by atoms with E-state index in [-0.39, 0.29) is 5.91 Å². The Morgan fingerprint density at radius 2 is 1.78 bits per heavy atom. The molecule has 3 heteroatoms. The van der Waals surface area contributed by atoms with E-state index >= 15 is 0 Å². The summed E-state index contributed by atoms with van der Waals surface area (Å²) in [6, 6.07) is 0. The number of rotatable bonds is 8. The number of hydrogen-bond donors (Lipinski definition) is 2. The Balaban J connectivity index is 2.02. The number of hydrogen-bond acceptors (Lipinski definition) is 2. The van der Waals surface area contributed by atoms with Crippen LogP contribution in [0, 0.1) is 11.8 Å². The van der Waals surface area contributed by atoms with E-state index in [0.717, 1.165) is 25.9 Å². The Morgan fingerprint density at radius 3 is 2.39 bits per heavy atom. The quantitative estimate of drug-likeness (QED) is 0.654. The van der Waals surface area contributed by atoms with Crippen LogP contribution in [0.2, 0.25) is 0 Å². The smallest absolute Gasteiger partial charge is 0.220 e. The first kappa shape index (κ1) is 15.5. The molecule has 1 aliphatic rings. The molecule has 0 atom stereocenters. The third-order valence-electron chi connectivity index (χ3n) is 4.13. The lowest BCUT2D eigenvalue weighted by Crippen LogP contribution is -2.29. The van der Waals surface area contributed by atoms with E-state index in [1.165, 1.54) is 44.9 Å². The average Bonchev–Trinajstić information content (AvgIpc) is 2.39. The standard InChI is InChI=1S/C15H30N2O/c1-2-3-4-5-10-17-15(18)11-13-6-8-14(12-16)9-7-13/h13-14H,2-12,16H2,1H3,(H,17,18). The summed E-state index contributed by atoms with van der Waals surface area (Å²) < 4.78 is 0. The zero-order valence-electron chi connectivity index (χ0n) is 11.9. The normalized spacial score (nSPS) is 23.9. The van der Waals surface area contributed by atoms with Crippen LogP contribution in [-0.4, -0.2) is 19.0 Å². The molecule has 0 radical (unpaired) electrons. The molecule has 0 aromatic carbocycles. The summed E-state index contributed by atoms with van der Waals surface area (Å²) in [6.45, 7) is 3.88. The van der Waals surface area contributed by atoms with E-state index in [1.54, 1.807) is 0 Å². The molecule has 3 N–H and O–H groups in total. The maximum absolute atomic E-state index is 11.8. The molecule has 0 unspecified atom stereocenters. The van der Waals surface area contributed by atoms with Crippen molar-refractivity contribution in [1.82, 2.24) is 5.32 Å². The lowest BCUT2D eigenvalue weighted by molar-refractivity contribution is -0.122. The van der Waals surface area contributed by atoms with Gasteiger partial charge in [0, 0.05) is 13.0 Å². The molecule has 0 aromatic heterocycles. The Hall–Kier alpha value is -0.570. The summed E-state index contributed by atoms with van der Waals surface area (Å²) in [6.07, 6.45) is 10.4. The SMILES string of the molecule is CCCCCCNC(=O)CC1CCC(CN)CC1. The van der Waals surface area contributed by atoms with Gasteiger partial charge in [-0.3, -0.25) is 4.79 Å². The third-order valence-corrected chi connectivity index (χ3v) is 4.13. The molecule has 3 nitrogen and oxygen atoms in total. The Kier molecular flexibility index (Phi) is 8.06. The molecule has 1 aliphatic carbocycles. The number of carbonyl (C=O) groups excluding carboxylic acids is 1. The molecule has 18 heavy (non-hydrogen) atoms. The monoisotopic (exact) mass is 254 g/mol. The first-order valence-electron chi connectivity index (χ1n) is 7.73. The van der Waals surface area contributed by atoms with Gasteiger partial charge >= 0.3 is 0 Å². The molecule has 0 heterocycles. The van der Waals surface area contributed by atoms with Crippen LogP contribution < -0.4 is 11.1 Å². The minimum absolute atomic E-state index is 0.252. The van der Waals surface area contributed by atoms with E-state index in [9.17, 15) is 4.79 Å². The van der Waals surface area contributed by atoms with Gasteiger partial charge in [0.25, 0.3) is 0 Å². The summed E-state index contributed by atoms with van der Waals surface area (Å²) in [5.41, 5.74) is 5.68. The molecular weight excluding hydrogens is 224 g/mol. The number of unbranched alkanes of at least 4 members (excludes halogenated alkanes) is 3. The highest BCUT2D eigenvalue weighted by molar-refractivity contribution is 5.76. The van der Waals surface area contributed by atoms with Gasteiger partial charge in [-0.2, -0.15) is 0 Å². The molecular formula is C15H30N2O. The van der Waals surface area contributed by atoms with Crippen molar-refractivity contribution in [2.24, 2.45) is 17.6 Å². The van der Waals surface area contributed by atoms with Gasteiger partial charge in [-0.05, 0) is 50.5 Å². The second kappa shape index (κ2) is 9.37. The molecule has 0 aromatic rings.